The van der Waals surface area contributed by atoms with Crippen LogP contribution < -0.4 is 9.47 Å². The summed E-state index contributed by atoms with van der Waals surface area (Å²) in [4.78, 5) is 15.6. The zero-order valence-corrected chi connectivity index (χ0v) is 15.7. The lowest BCUT2D eigenvalue weighted by Gasteiger charge is -2.25. The van der Waals surface area contributed by atoms with Gasteiger partial charge in [-0.1, -0.05) is 12.1 Å². The molecule has 0 unspecified atom stereocenters. The molecule has 0 amide bonds. The molecule has 7 nitrogen and oxygen atoms in total. The number of allylic oxidation sites excluding steroid dienone is 3. The van der Waals surface area contributed by atoms with Crippen molar-refractivity contribution in [1.82, 2.24) is 24.4 Å². The van der Waals surface area contributed by atoms with E-state index in [1.807, 2.05) is 6.07 Å². The maximum absolute atomic E-state index is 5.74. The molecule has 0 radical (unpaired) electrons. The predicted molar refractivity (Wildman–Crippen MR) is 105 cm³/mol. The molecule has 5 rings (SSSR count). The molecule has 0 bridgehead atoms. The molecule has 7 heteroatoms. The van der Waals surface area contributed by atoms with Gasteiger partial charge in [-0.25, -0.2) is 9.97 Å². The van der Waals surface area contributed by atoms with E-state index >= 15 is 0 Å². The molecule has 2 aliphatic rings. The Morgan fingerprint density at radius 2 is 2.04 bits per heavy atom. The van der Waals surface area contributed by atoms with Crippen LogP contribution in [0.25, 0.3) is 11.0 Å². The van der Waals surface area contributed by atoms with Gasteiger partial charge in [0.1, 0.15) is 12.4 Å². The summed E-state index contributed by atoms with van der Waals surface area (Å²) >= 11 is 0. The van der Waals surface area contributed by atoms with E-state index in [9.17, 15) is 0 Å². The fourth-order valence-electron chi connectivity index (χ4n) is 3.62. The van der Waals surface area contributed by atoms with Gasteiger partial charge in [0.15, 0.2) is 0 Å². The third-order valence-electron chi connectivity index (χ3n) is 5.17. The smallest absolute Gasteiger partial charge is 0.320 e. The zero-order valence-electron chi connectivity index (χ0n) is 15.7. The molecule has 0 spiro atoms. The van der Waals surface area contributed by atoms with E-state index in [1.165, 1.54) is 5.70 Å². The van der Waals surface area contributed by atoms with Crippen molar-refractivity contribution in [2.75, 3.05) is 20.2 Å². The van der Waals surface area contributed by atoms with Crippen LogP contribution in [0.1, 0.15) is 11.4 Å². The van der Waals surface area contributed by atoms with Crippen molar-refractivity contribution in [2.45, 2.75) is 19.6 Å². The topological polar surface area (TPSA) is 65.3 Å². The minimum Gasteiger partial charge on any atom is -0.481 e. The fraction of sp³-hybridized carbons (Fsp3) is 0.286. The molecular weight excluding hydrogens is 354 g/mol. The lowest BCUT2D eigenvalue weighted by Crippen LogP contribution is -2.26. The standard InChI is InChI=1S/C21H21N5O2/c1-27-20-7-9-22-21(24-20)28-14-15-5-6-17-18(13-15)26-12-11-25(16-3-2-4-16)10-8-19(26)23-17/h2-7,9,13H,8,10-12,14H2,1H3. The van der Waals surface area contributed by atoms with E-state index in [2.05, 4.69) is 49.8 Å². The van der Waals surface area contributed by atoms with Gasteiger partial charge in [-0.3, -0.25) is 0 Å². The number of fused-ring (bicyclic) bond motifs is 3. The average molecular weight is 375 g/mol. The molecule has 2 aromatic heterocycles. The molecule has 0 atom stereocenters. The Bertz CT molecular complexity index is 1090. The number of hydrogen-bond donors (Lipinski definition) is 0. The van der Waals surface area contributed by atoms with Crippen LogP contribution >= 0.6 is 0 Å². The number of ether oxygens (including phenoxy) is 2. The van der Waals surface area contributed by atoms with Gasteiger partial charge < -0.3 is 18.9 Å². The maximum Gasteiger partial charge on any atom is 0.320 e. The molecule has 142 valence electrons. The van der Waals surface area contributed by atoms with Crippen molar-refractivity contribution in [3.8, 4) is 11.9 Å². The summed E-state index contributed by atoms with van der Waals surface area (Å²) in [7, 11) is 1.57. The second-order valence-corrected chi connectivity index (χ2v) is 6.86. The van der Waals surface area contributed by atoms with Crippen LogP contribution in [0, 0.1) is 0 Å². The molecule has 28 heavy (non-hydrogen) atoms. The van der Waals surface area contributed by atoms with E-state index in [0.29, 0.717) is 18.5 Å². The SMILES string of the molecule is COc1ccnc(OCc2ccc3nc4n(c3c2)CCN(C2=CC=C2)CC4)n1. The fourth-order valence-corrected chi connectivity index (χ4v) is 3.62. The largest absolute Gasteiger partial charge is 0.481 e. The highest BCUT2D eigenvalue weighted by molar-refractivity contribution is 5.77. The Kier molecular flexibility index (Phi) is 4.20. The molecule has 0 N–H and O–H groups in total. The normalized spacial score (nSPS) is 15.6. The van der Waals surface area contributed by atoms with E-state index < -0.39 is 0 Å². The van der Waals surface area contributed by atoms with E-state index in [-0.39, 0.29) is 0 Å². The summed E-state index contributed by atoms with van der Waals surface area (Å²) in [6.07, 6.45) is 9.00. The van der Waals surface area contributed by atoms with E-state index in [1.54, 1.807) is 19.4 Å². The molecule has 1 aromatic carbocycles. The van der Waals surface area contributed by atoms with Gasteiger partial charge in [0.2, 0.25) is 5.88 Å². The monoisotopic (exact) mass is 375 g/mol. The van der Waals surface area contributed by atoms with E-state index in [0.717, 1.165) is 48.5 Å². The summed E-state index contributed by atoms with van der Waals surface area (Å²) < 4.78 is 13.2. The summed E-state index contributed by atoms with van der Waals surface area (Å²) in [5.41, 5.74) is 4.57. The van der Waals surface area contributed by atoms with Crippen LogP contribution in [0.4, 0.5) is 0 Å². The van der Waals surface area contributed by atoms with Crippen molar-refractivity contribution in [2.24, 2.45) is 0 Å². The van der Waals surface area contributed by atoms with Crippen molar-refractivity contribution in [3.63, 3.8) is 0 Å². The lowest BCUT2D eigenvalue weighted by atomic mass is 10.2. The van der Waals surface area contributed by atoms with Crippen LogP contribution in [-0.2, 0) is 19.6 Å². The summed E-state index contributed by atoms with van der Waals surface area (Å²) in [6, 6.07) is 8.27. The lowest BCUT2D eigenvalue weighted by molar-refractivity contribution is 0.274. The Morgan fingerprint density at radius 1 is 1.11 bits per heavy atom. The van der Waals surface area contributed by atoms with Gasteiger partial charge in [0, 0.05) is 44.0 Å². The van der Waals surface area contributed by atoms with Crippen LogP contribution in [-0.4, -0.2) is 44.6 Å². The van der Waals surface area contributed by atoms with Crippen molar-refractivity contribution in [1.29, 1.82) is 0 Å². The molecule has 0 fully saturated rings. The van der Waals surface area contributed by atoms with Gasteiger partial charge in [-0.05, 0) is 29.8 Å². The van der Waals surface area contributed by atoms with Crippen LogP contribution in [0.5, 0.6) is 11.9 Å². The minimum absolute atomic E-state index is 0.309. The molecule has 0 saturated carbocycles. The van der Waals surface area contributed by atoms with Crippen LogP contribution in [0.2, 0.25) is 0 Å². The zero-order chi connectivity index (χ0) is 18.9. The molecule has 0 saturated heterocycles. The second-order valence-electron chi connectivity index (χ2n) is 6.86. The van der Waals surface area contributed by atoms with Crippen LogP contribution in [0.15, 0.2) is 54.4 Å². The third-order valence-corrected chi connectivity index (χ3v) is 5.17. The molecule has 1 aliphatic heterocycles. The second kappa shape index (κ2) is 6.99. The Balaban J connectivity index is 1.35. The number of rotatable bonds is 5. The average Bonchev–Trinajstić information content (AvgIpc) is 2.91. The molecular formula is C21H21N5O2. The summed E-state index contributed by atoms with van der Waals surface area (Å²) in [5.74, 6) is 1.64. The first-order valence-electron chi connectivity index (χ1n) is 9.41. The first kappa shape index (κ1) is 16.8. The van der Waals surface area contributed by atoms with Gasteiger partial charge in [0.05, 0.1) is 18.1 Å². The number of methoxy groups -OCH3 is 1. The van der Waals surface area contributed by atoms with Gasteiger partial charge >= 0.3 is 6.01 Å². The highest BCUT2D eigenvalue weighted by atomic mass is 16.5. The highest BCUT2D eigenvalue weighted by Crippen LogP contribution is 2.24. The third kappa shape index (κ3) is 3.09. The van der Waals surface area contributed by atoms with Gasteiger partial charge in [-0.15, -0.1) is 0 Å². The first-order valence-corrected chi connectivity index (χ1v) is 9.41. The van der Waals surface area contributed by atoms with Crippen LogP contribution in [0.3, 0.4) is 0 Å². The first-order chi connectivity index (χ1) is 13.8. The molecule has 3 aromatic rings. The summed E-state index contributed by atoms with van der Waals surface area (Å²) in [6.45, 7) is 3.32. The van der Waals surface area contributed by atoms with Crippen molar-refractivity contribution in [3.05, 3.63) is 65.8 Å². The molecule has 1 aliphatic carbocycles. The van der Waals surface area contributed by atoms with Crippen molar-refractivity contribution < 1.29 is 9.47 Å². The predicted octanol–water partition coefficient (Wildman–Crippen LogP) is 2.73. The maximum atomic E-state index is 5.74. The van der Waals surface area contributed by atoms with E-state index in [4.69, 9.17) is 14.5 Å². The number of imidazole rings is 1. The van der Waals surface area contributed by atoms with Gasteiger partial charge in [0.25, 0.3) is 0 Å². The Hall–Kier alpha value is -3.35. The molecule has 3 heterocycles. The number of hydrogen-bond acceptors (Lipinski definition) is 6. The number of benzene rings is 1. The Morgan fingerprint density at radius 3 is 2.86 bits per heavy atom. The summed E-state index contributed by atoms with van der Waals surface area (Å²) in [5, 5.41) is 0. The number of nitrogens with zero attached hydrogens (tertiary/aromatic N) is 5. The number of aromatic nitrogens is 4. The quantitative estimate of drug-likeness (QED) is 0.683. The highest BCUT2D eigenvalue weighted by Gasteiger charge is 2.19. The van der Waals surface area contributed by atoms with Crippen molar-refractivity contribution >= 4 is 11.0 Å². The van der Waals surface area contributed by atoms with Gasteiger partial charge in [-0.2, -0.15) is 4.98 Å². The Labute approximate surface area is 162 Å². The minimum atomic E-state index is 0.309.